The van der Waals surface area contributed by atoms with Gasteiger partial charge in [0, 0.05) is 19.3 Å². The fraction of sp³-hybridized carbons (Fsp3) is 0.533. The van der Waals surface area contributed by atoms with Crippen LogP contribution in [-0.2, 0) is 4.79 Å². The highest BCUT2D eigenvalue weighted by atomic mass is 16.4. The predicted octanol–water partition coefficient (Wildman–Crippen LogP) is 2.29. The van der Waals surface area contributed by atoms with Crippen LogP contribution in [0.4, 0.5) is 10.6 Å². The Bertz CT molecular complexity index is 585. The van der Waals surface area contributed by atoms with Crippen molar-refractivity contribution in [2.45, 2.75) is 32.1 Å². The van der Waals surface area contributed by atoms with E-state index in [9.17, 15) is 14.7 Å². The molecule has 3 rings (SSSR count). The standard InChI is InChI=1S/C15H19N3O3/c1-15(13(19)20)5-7-18(9-15)14(21)17-12-8-11(4-6-16-12)10-2-3-10/h4,6,8,10H,2-3,5,7,9H2,1H3,(H,19,20)(H,16,17,21). The van der Waals surface area contributed by atoms with E-state index >= 15 is 0 Å². The average molecular weight is 289 g/mol. The molecular weight excluding hydrogens is 270 g/mol. The van der Waals surface area contributed by atoms with Gasteiger partial charge in [0.05, 0.1) is 5.41 Å². The lowest BCUT2D eigenvalue weighted by atomic mass is 9.90. The Morgan fingerprint density at radius 2 is 2.24 bits per heavy atom. The second kappa shape index (κ2) is 5.02. The summed E-state index contributed by atoms with van der Waals surface area (Å²) in [5, 5.41) is 12.0. The number of carbonyl (C=O) groups excluding carboxylic acids is 1. The van der Waals surface area contributed by atoms with Crippen molar-refractivity contribution < 1.29 is 14.7 Å². The van der Waals surface area contributed by atoms with E-state index in [1.165, 1.54) is 18.4 Å². The number of hydrogen-bond acceptors (Lipinski definition) is 3. The fourth-order valence-electron chi connectivity index (χ4n) is 2.68. The molecule has 1 atom stereocenters. The van der Waals surface area contributed by atoms with E-state index in [0.29, 0.717) is 24.7 Å². The van der Waals surface area contributed by atoms with Crippen LogP contribution in [-0.4, -0.2) is 40.1 Å². The highest BCUT2D eigenvalue weighted by molar-refractivity contribution is 5.89. The summed E-state index contributed by atoms with van der Waals surface area (Å²) in [6.45, 7) is 2.36. The van der Waals surface area contributed by atoms with Crippen LogP contribution in [0.3, 0.4) is 0 Å². The number of carboxylic acids is 1. The zero-order valence-corrected chi connectivity index (χ0v) is 12.0. The summed E-state index contributed by atoms with van der Waals surface area (Å²) in [5.74, 6) is 0.283. The van der Waals surface area contributed by atoms with Crippen LogP contribution < -0.4 is 5.32 Å². The summed E-state index contributed by atoms with van der Waals surface area (Å²) < 4.78 is 0. The molecule has 2 aliphatic rings. The van der Waals surface area contributed by atoms with Gasteiger partial charge < -0.3 is 10.0 Å². The minimum atomic E-state index is -0.855. The Balaban J connectivity index is 1.64. The molecule has 0 radical (unpaired) electrons. The molecule has 1 saturated carbocycles. The number of anilines is 1. The van der Waals surface area contributed by atoms with Crippen LogP contribution in [0, 0.1) is 5.41 Å². The molecular formula is C15H19N3O3. The maximum atomic E-state index is 12.2. The van der Waals surface area contributed by atoms with E-state index in [4.69, 9.17) is 0 Å². The average Bonchev–Trinajstić information content (AvgIpc) is 3.22. The summed E-state index contributed by atoms with van der Waals surface area (Å²) >= 11 is 0. The number of nitrogens with one attached hydrogen (secondary N) is 1. The minimum absolute atomic E-state index is 0.233. The summed E-state index contributed by atoms with van der Waals surface area (Å²) in [5.41, 5.74) is 0.359. The highest BCUT2D eigenvalue weighted by Crippen LogP contribution is 2.40. The van der Waals surface area contributed by atoms with E-state index in [2.05, 4.69) is 10.3 Å². The van der Waals surface area contributed by atoms with Crippen molar-refractivity contribution in [2.24, 2.45) is 5.41 Å². The molecule has 112 valence electrons. The van der Waals surface area contributed by atoms with Crippen LogP contribution in [0.5, 0.6) is 0 Å². The van der Waals surface area contributed by atoms with Gasteiger partial charge in [0.1, 0.15) is 5.82 Å². The number of amides is 2. The van der Waals surface area contributed by atoms with E-state index in [1.807, 2.05) is 12.1 Å². The first-order valence-corrected chi connectivity index (χ1v) is 7.23. The van der Waals surface area contributed by atoms with Crippen molar-refractivity contribution in [1.29, 1.82) is 0 Å². The quantitative estimate of drug-likeness (QED) is 0.894. The molecule has 6 heteroatoms. The molecule has 0 spiro atoms. The van der Waals surface area contributed by atoms with Gasteiger partial charge in [-0.3, -0.25) is 10.1 Å². The van der Waals surface area contributed by atoms with E-state index in [-0.39, 0.29) is 12.6 Å². The second-order valence-electron chi connectivity index (χ2n) is 6.22. The number of nitrogens with zero attached hydrogens (tertiary/aromatic N) is 2. The molecule has 1 aliphatic heterocycles. The van der Waals surface area contributed by atoms with Crippen LogP contribution in [0.2, 0.25) is 0 Å². The lowest BCUT2D eigenvalue weighted by Crippen LogP contribution is -2.37. The summed E-state index contributed by atoms with van der Waals surface area (Å²) in [7, 11) is 0. The number of carbonyl (C=O) groups is 2. The number of rotatable bonds is 3. The molecule has 1 aromatic heterocycles. The van der Waals surface area contributed by atoms with Crippen molar-refractivity contribution >= 4 is 17.8 Å². The number of aromatic nitrogens is 1. The Kier molecular flexibility index (Phi) is 3.31. The van der Waals surface area contributed by atoms with Gasteiger partial charge in [0.25, 0.3) is 0 Å². The van der Waals surface area contributed by atoms with Gasteiger partial charge in [-0.2, -0.15) is 0 Å². The smallest absolute Gasteiger partial charge is 0.323 e. The zero-order chi connectivity index (χ0) is 15.0. The first-order valence-electron chi connectivity index (χ1n) is 7.23. The van der Waals surface area contributed by atoms with Gasteiger partial charge in [-0.25, -0.2) is 9.78 Å². The molecule has 2 amide bonds. The molecule has 0 bridgehead atoms. The number of hydrogen-bond donors (Lipinski definition) is 2. The van der Waals surface area contributed by atoms with Gasteiger partial charge in [0.2, 0.25) is 0 Å². The van der Waals surface area contributed by atoms with E-state index in [0.717, 1.165) is 0 Å². The Morgan fingerprint density at radius 3 is 2.86 bits per heavy atom. The Labute approximate surface area is 123 Å². The molecule has 1 unspecified atom stereocenters. The maximum Gasteiger partial charge on any atom is 0.323 e. The number of urea groups is 1. The second-order valence-corrected chi connectivity index (χ2v) is 6.22. The van der Waals surface area contributed by atoms with Gasteiger partial charge in [-0.05, 0) is 49.8 Å². The number of aliphatic carboxylic acids is 1. The van der Waals surface area contributed by atoms with Crippen LogP contribution in [0.25, 0.3) is 0 Å². The van der Waals surface area contributed by atoms with Crippen molar-refractivity contribution in [3.8, 4) is 0 Å². The van der Waals surface area contributed by atoms with Crippen molar-refractivity contribution in [3.05, 3.63) is 23.9 Å². The SMILES string of the molecule is CC1(C(=O)O)CCN(C(=O)Nc2cc(C3CC3)ccn2)C1. The molecule has 1 aromatic rings. The lowest BCUT2D eigenvalue weighted by molar-refractivity contribution is -0.146. The van der Waals surface area contributed by atoms with E-state index < -0.39 is 11.4 Å². The minimum Gasteiger partial charge on any atom is -0.481 e. The van der Waals surface area contributed by atoms with Crippen LogP contribution >= 0.6 is 0 Å². The predicted molar refractivity (Wildman–Crippen MR) is 77.2 cm³/mol. The summed E-state index contributed by atoms with van der Waals surface area (Å²) in [6.07, 6.45) is 4.57. The van der Waals surface area contributed by atoms with Gasteiger partial charge in [-0.1, -0.05) is 0 Å². The monoisotopic (exact) mass is 289 g/mol. The molecule has 2 fully saturated rings. The van der Waals surface area contributed by atoms with Gasteiger partial charge in [0.15, 0.2) is 0 Å². The third kappa shape index (κ3) is 2.84. The molecule has 1 saturated heterocycles. The third-order valence-electron chi connectivity index (χ3n) is 4.34. The summed E-state index contributed by atoms with van der Waals surface area (Å²) in [4.78, 5) is 29.1. The molecule has 21 heavy (non-hydrogen) atoms. The van der Waals surface area contributed by atoms with Crippen molar-refractivity contribution in [3.63, 3.8) is 0 Å². The maximum absolute atomic E-state index is 12.2. The lowest BCUT2D eigenvalue weighted by Gasteiger charge is -2.20. The third-order valence-corrected chi connectivity index (χ3v) is 4.34. The zero-order valence-electron chi connectivity index (χ0n) is 12.0. The van der Waals surface area contributed by atoms with Crippen molar-refractivity contribution in [1.82, 2.24) is 9.88 Å². The number of likely N-dealkylation sites (tertiary alicyclic amines) is 1. The molecule has 2 N–H and O–H groups in total. The number of pyridine rings is 1. The largest absolute Gasteiger partial charge is 0.481 e. The highest BCUT2D eigenvalue weighted by Gasteiger charge is 2.42. The van der Waals surface area contributed by atoms with Crippen LogP contribution in [0.15, 0.2) is 18.3 Å². The molecule has 1 aliphatic carbocycles. The molecule has 2 heterocycles. The first-order chi connectivity index (χ1) is 9.98. The topological polar surface area (TPSA) is 82.5 Å². The fourth-order valence-corrected chi connectivity index (χ4v) is 2.68. The van der Waals surface area contributed by atoms with Crippen molar-refractivity contribution in [2.75, 3.05) is 18.4 Å². The molecule has 0 aromatic carbocycles. The number of carboxylic acid groups (broad SMARTS) is 1. The van der Waals surface area contributed by atoms with E-state index in [1.54, 1.807) is 18.0 Å². The first kappa shape index (κ1) is 13.9. The summed E-state index contributed by atoms with van der Waals surface area (Å²) in [6, 6.07) is 3.60. The van der Waals surface area contributed by atoms with Crippen LogP contribution in [0.1, 0.15) is 37.7 Å². The Morgan fingerprint density at radius 1 is 1.48 bits per heavy atom. The van der Waals surface area contributed by atoms with Gasteiger partial charge in [-0.15, -0.1) is 0 Å². The normalized spacial score (nSPS) is 24.9. The molecule has 6 nitrogen and oxygen atoms in total. The van der Waals surface area contributed by atoms with Gasteiger partial charge >= 0.3 is 12.0 Å². The Hall–Kier alpha value is -2.11.